The van der Waals surface area contributed by atoms with Gasteiger partial charge >= 0.3 is 0 Å². The van der Waals surface area contributed by atoms with E-state index in [1.165, 1.54) is 16.8 Å². The third kappa shape index (κ3) is 2.23. The molecule has 0 bridgehead atoms. The van der Waals surface area contributed by atoms with Crippen molar-refractivity contribution >= 4 is 10.9 Å². The predicted octanol–water partition coefficient (Wildman–Crippen LogP) is 4.08. The number of aromatic nitrogens is 3. The van der Waals surface area contributed by atoms with Crippen LogP contribution >= 0.6 is 0 Å². The monoisotopic (exact) mass is 273 g/mol. The first-order valence-electron chi connectivity index (χ1n) is 7.03. The van der Waals surface area contributed by atoms with Crippen LogP contribution < -0.4 is 0 Å². The molecule has 0 saturated carbocycles. The summed E-state index contributed by atoms with van der Waals surface area (Å²) in [5, 5.41) is 8.25. The molecule has 102 valence electrons. The molecule has 0 saturated heterocycles. The van der Waals surface area contributed by atoms with E-state index in [0.29, 0.717) is 0 Å². The second-order valence-electron chi connectivity index (χ2n) is 5.18. The molecule has 0 fully saturated rings. The van der Waals surface area contributed by atoms with Crippen molar-refractivity contribution in [1.29, 1.82) is 0 Å². The van der Waals surface area contributed by atoms with Crippen LogP contribution in [-0.4, -0.2) is 14.8 Å². The number of H-pyrrole nitrogens is 1. The molecule has 4 aromatic rings. The highest BCUT2D eigenvalue weighted by molar-refractivity contribution is 5.78. The molecule has 0 spiro atoms. The van der Waals surface area contributed by atoms with E-state index in [-0.39, 0.29) is 0 Å². The SMILES string of the molecule is c1ccc(-c2cccn2Cc2ccc3cn[nH]c3c2)cc1. The van der Waals surface area contributed by atoms with Gasteiger partial charge in [0.1, 0.15) is 0 Å². The summed E-state index contributed by atoms with van der Waals surface area (Å²) < 4.78 is 2.27. The Morgan fingerprint density at radius 2 is 1.86 bits per heavy atom. The summed E-state index contributed by atoms with van der Waals surface area (Å²) in [7, 11) is 0. The highest BCUT2D eigenvalue weighted by atomic mass is 15.1. The number of hydrogen-bond acceptors (Lipinski definition) is 1. The van der Waals surface area contributed by atoms with Gasteiger partial charge in [-0.2, -0.15) is 5.10 Å². The van der Waals surface area contributed by atoms with Gasteiger partial charge in [0.05, 0.1) is 11.7 Å². The summed E-state index contributed by atoms with van der Waals surface area (Å²) in [4.78, 5) is 0. The van der Waals surface area contributed by atoms with Gasteiger partial charge in [-0.3, -0.25) is 5.10 Å². The highest BCUT2D eigenvalue weighted by Gasteiger charge is 2.05. The fourth-order valence-corrected chi connectivity index (χ4v) is 2.70. The van der Waals surface area contributed by atoms with E-state index in [2.05, 4.69) is 75.6 Å². The lowest BCUT2D eigenvalue weighted by Crippen LogP contribution is -2.00. The maximum Gasteiger partial charge on any atom is 0.0653 e. The molecule has 2 heterocycles. The number of nitrogens with zero attached hydrogens (tertiary/aromatic N) is 2. The van der Waals surface area contributed by atoms with Crippen molar-refractivity contribution in [2.75, 3.05) is 0 Å². The van der Waals surface area contributed by atoms with E-state index in [1.54, 1.807) is 0 Å². The van der Waals surface area contributed by atoms with Crippen LogP contribution in [0.1, 0.15) is 5.56 Å². The zero-order valence-corrected chi connectivity index (χ0v) is 11.5. The number of benzene rings is 2. The van der Waals surface area contributed by atoms with E-state index < -0.39 is 0 Å². The molecule has 4 rings (SSSR count). The summed E-state index contributed by atoms with van der Waals surface area (Å²) in [6.07, 6.45) is 3.98. The zero-order chi connectivity index (χ0) is 14.1. The first-order valence-corrected chi connectivity index (χ1v) is 7.03. The van der Waals surface area contributed by atoms with Gasteiger partial charge in [-0.05, 0) is 29.3 Å². The number of fused-ring (bicyclic) bond motifs is 1. The Kier molecular flexibility index (Phi) is 2.82. The van der Waals surface area contributed by atoms with Crippen LogP contribution in [0, 0.1) is 0 Å². The van der Waals surface area contributed by atoms with Crippen molar-refractivity contribution in [3.8, 4) is 11.3 Å². The van der Waals surface area contributed by atoms with Crippen LogP contribution in [0.5, 0.6) is 0 Å². The molecule has 2 aromatic heterocycles. The minimum atomic E-state index is 0.853. The Labute approximate surface area is 122 Å². The number of nitrogens with one attached hydrogen (secondary N) is 1. The molecule has 1 N–H and O–H groups in total. The van der Waals surface area contributed by atoms with Crippen LogP contribution in [0.15, 0.2) is 73.1 Å². The van der Waals surface area contributed by atoms with E-state index >= 15 is 0 Å². The average molecular weight is 273 g/mol. The quantitative estimate of drug-likeness (QED) is 0.599. The van der Waals surface area contributed by atoms with Crippen LogP contribution in [0.4, 0.5) is 0 Å². The molecule has 0 unspecified atom stereocenters. The van der Waals surface area contributed by atoms with Crippen LogP contribution in [0.25, 0.3) is 22.2 Å². The van der Waals surface area contributed by atoms with Gasteiger partial charge in [-0.25, -0.2) is 0 Å². The molecule has 3 heteroatoms. The topological polar surface area (TPSA) is 33.6 Å². The Morgan fingerprint density at radius 3 is 2.76 bits per heavy atom. The normalized spacial score (nSPS) is 11.0. The van der Waals surface area contributed by atoms with E-state index in [1.807, 2.05) is 12.3 Å². The molecular weight excluding hydrogens is 258 g/mol. The summed E-state index contributed by atoms with van der Waals surface area (Å²) >= 11 is 0. The third-order valence-corrected chi connectivity index (χ3v) is 3.76. The standard InChI is InChI=1S/C18H15N3/c1-2-5-15(6-3-1)18-7-4-10-21(18)13-14-8-9-16-12-19-20-17(16)11-14/h1-12H,13H2,(H,19,20). The zero-order valence-electron chi connectivity index (χ0n) is 11.5. The molecule has 3 nitrogen and oxygen atoms in total. The Bertz CT molecular complexity index is 872. The molecule has 0 radical (unpaired) electrons. The first-order chi connectivity index (χ1) is 10.4. The molecule has 21 heavy (non-hydrogen) atoms. The van der Waals surface area contributed by atoms with Crippen molar-refractivity contribution in [2.24, 2.45) is 0 Å². The minimum Gasteiger partial charge on any atom is -0.343 e. The second-order valence-corrected chi connectivity index (χ2v) is 5.18. The Hall–Kier alpha value is -2.81. The van der Waals surface area contributed by atoms with Crippen molar-refractivity contribution in [1.82, 2.24) is 14.8 Å². The van der Waals surface area contributed by atoms with E-state index in [9.17, 15) is 0 Å². The molecule has 0 atom stereocenters. The molecule has 0 amide bonds. The summed E-state index contributed by atoms with van der Waals surface area (Å²) in [6.45, 7) is 0.853. The number of aromatic amines is 1. The Balaban J connectivity index is 1.70. The maximum atomic E-state index is 4.07. The van der Waals surface area contributed by atoms with Gasteiger partial charge in [0.2, 0.25) is 0 Å². The molecule has 0 aliphatic carbocycles. The lowest BCUT2D eigenvalue weighted by Gasteiger charge is -2.09. The van der Waals surface area contributed by atoms with Gasteiger partial charge in [0.15, 0.2) is 0 Å². The fourth-order valence-electron chi connectivity index (χ4n) is 2.70. The van der Waals surface area contributed by atoms with Crippen molar-refractivity contribution in [3.63, 3.8) is 0 Å². The fraction of sp³-hybridized carbons (Fsp3) is 0.0556. The van der Waals surface area contributed by atoms with Crippen LogP contribution in [0.2, 0.25) is 0 Å². The van der Waals surface area contributed by atoms with Gasteiger partial charge in [0, 0.05) is 23.8 Å². The first kappa shape index (κ1) is 12.0. The van der Waals surface area contributed by atoms with E-state index in [4.69, 9.17) is 0 Å². The largest absolute Gasteiger partial charge is 0.343 e. The van der Waals surface area contributed by atoms with Crippen molar-refractivity contribution in [2.45, 2.75) is 6.54 Å². The highest BCUT2D eigenvalue weighted by Crippen LogP contribution is 2.21. The van der Waals surface area contributed by atoms with Gasteiger partial charge in [0.25, 0.3) is 0 Å². The van der Waals surface area contributed by atoms with Crippen molar-refractivity contribution in [3.05, 3.63) is 78.6 Å². The van der Waals surface area contributed by atoms with Crippen LogP contribution in [0.3, 0.4) is 0 Å². The van der Waals surface area contributed by atoms with Gasteiger partial charge in [-0.15, -0.1) is 0 Å². The van der Waals surface area contributed by atoms with Gasteiger partial charge < -0.3 is 4.57 Å². The summed E-state index contributed by atoms with van der Waals surface area (Å²) in [5.74, 6) is 0. The van der Waals surface area contributed by atoms with Crippen LogP contribution in [-0.2, 0) is 6.54 Å². The lowest BCUT2D eigenvalue weighted by atomic mass is 10.1. The smallest absolute Gasteiger partial charge is 0.0653 e. The molecule has 2 aromatic carbocycles. The molecule has 0 aliphatic rings. The molecule has 0 aliphatic heterocycles. The number of hydrogen-bond donors (Lipinski definition) is 1. The summed E-state index contributed by atoms with van der Waals surface area (Å²) in [5.41, 5.74) is 4.83. The maximum absolute atomic E-state index is 4.07. The lowest BCUT2D eigenvalue weighted by molar-refractivity contribution is 0.815. The van der Waals surface area contributed by atoms with Crippen molar-refractivity contribution < 1.29 is 0 Å². The Morgan fingerprint density at radius 1 is 0.952 bits per heavy atom. The van der Waals surface area contributed by atoms with Gasteiger partial charge in [-0.1, -0.05) is 42.5 Å². The average Bonchev–Trinajstić information content (AvgIpc) is 3.16. The molecular formula is C18H15N3. The summed E-state index contributed by atoms with van der Waals surface area (Å²) in [6, 6.07) is 21.2. The minimum absolute atomic E-state index is 0.853. The number of rotatable bonds is 3. The van der Waals surface area contributed by atoms with E-state index in [0.717, 1.165) is 17.4 Å². The second kappa shape index (κ2) is 4.94. The third-order valence-electron chi connectivity index (χ3n) is 3.76. The predicted molar refractivity (Wildman–Crippen MR) is 85.1 cm³/mol.